The largest absolute Gasteiger partial charge is 0.384 e. The maximum atomic E-state index is 11.9. The standard InChI is InChI=1S/C13H14N4O2/c14-11(15)8-3-5-9(6-4-8)17-13(19)10-2-1-7-16-12(10)18/h3-7,10H,1-2H2,(H3,14,15)(H,17,19)/t10-/m1/s1. The number of nitrogen functional groups attached to an aromatic ring is 1. The fourth-order valence-corrected chi connectivity index (χ4v) is 1.81. The van der Waals surface area contributed by atoms with Crippen molar-refractivity contribution in [3.8, 4) is 0 Å². The molecule has 19 heavy (non-hydrogen) atoms. The normalized spacial score (nSPS) is 18.1. The van der Waals surface area contributed by atoms with Crippen molar-refractivity contribution in [2.24, 2.45) is 16.6 Å². The molecule has 0 aromatic heterocycles. The van der Waals surface area contributed by atoms with Crippen LogP contribution in [0.15, 0.2) is 29.3 Å². The average molecular weight is 258 g/mol. The molecule has 1 aliphatic rings. The molecule has 1 aromatic carbocycles. The highest BCUT2D eigenvalue weighted by atomic mass is 16.2. The maximum Gasteiger partial charge on any atom is 0.257 e. The molecular formula is C13H14N4O2. The fourth-order valence-electron chi connectivity index (χ4n) is 1.81. The number of carbonyl (C=O) groups excluding carboxylic acids is 2. The molecule has 1 aliphatic heterocycles. The third kappa shape index (κ3) is 3.04. The minimum Gasteiger partial charge on any atom is -0.384 e. The predicted molar refractivity (Wildman–Crippen MR) is 72.3 cm³/mol. The number of amidine groups is 1. The van der Waals surface area contributed by atoms with Crippen LogP contribution in [-0.2, 0) is 9.59 Å². The van der Waals surface area contributed by atoms with Crippen LogP contribution in [0.5, 0.6) is 0 Å². The Bertz CT molecular complexity index is 548. The molecule has 4 N–H and O–H groups in total. The average Bonchev–Trinajstić information content (AvgIpc) is 2.39. The Kier molecular flexibility index (Phi) is 3.70. The van der Waals surface area contributed by atoms with Gasteiger partial charge >= 0.3 is 0 Å². The molecular weight excluding hydrogens is 244 g/mol. The Morgan fingerprint density at radius 2 is 2.05 bits per heavy atom. The first kappa shape index (κ1) is 12.9. The summed E-state index contributed by atoms with van der Waals surface area (Å²) in [6.07, 6.45) is 2.65. The van der Waals surface area contributed by atoms with E-state index < -0.39 is 11.8 Å². The first-order chi connectivity index (χ1) is 9.08. The van der Waals surface area contributed by atoms with Crippen molar-refractivity contribution in [2.75, 3.05) is 5.32 Å². The first-order valence-corrected chi connectivity index (χ1v) is 5.89. The molecule has 1 heterocycles. The van der Waals surface area contributed by atoms with Crippen LogP contribution in [-0.4, -0.2) is 23.9 Å². The molecule has 1 atom stereocenters. The number of carbonyl (C=O) groups is 2. The van der Waals surface area contributed by atoms with Crippen LogP contribution < -0.4 is 11.1 Å². The second-order valence-electron chi connectivity index (χ2n) is 4.26. The van der Waals surface area contributed by atoms with Crippen molar-refractivity contribution in [1.29, 1.82) is 5.41 Å². The van der Waals surface area contributed by atoms with Crippen LogP contribution in [0.25, 0.3) is 0 Å². The van der Waals surface area contributed by atoms with Gasteiger partial charge in [-0.25, -0.2) is 4.99 Å². The molecule has 0 saturated heterocycles. The molecule has 0 radical (unpaired) electrons. The molecule has 0 aliphatic carbocycles. The molecule has 98 valence electrons. The van der Waals surface area contributed by atoms with Crippen LogP contribution in [0.4, 0.5) is 5.69 Å². The van der Waals surface area contributed by atoms with Gasteiger partial charge in [-0.3, -0.25) is 15.0 Å². The van der Waals surface area contributed by atoms with Crippen LogP contribution in [0.2, 0.25) is 0 Å². The minimum atomic E-state index is -0.711. The summed E-state index contributed by atoms with van der Waals surface area (Å²) in [5.41, 5.74) is 6.48. The molecule has 0 bridgehead atoms. The van der Waals surface area contributed by atoms with E-state index in [-0.39, 0.29) is 11.7 Å². The lowest BCUT2D eigenvalue weighted by molar-refractivity contribution is -0.130. The number of hydrogen-bond donors (Lipinski definition) is 3. The number of rotatable bonds is 3. The number of anilines is 1. The Hall–Kier alpha value is -2.50. The van der Waals surface area contributed by atoms with E-state index in [1.165, 1.54) is 6.21 Å². The van der Waals surface area contributed by atoms with Gasteiger partial charge in [0.25, 0.3) is 5.91 Å². The lowest BCUT2D eigenvalue weighted by Crippen LogP contribution is -2.30. The number of nitrogens with zero attached hydrogens (tertiary/aromatic N) is 1. The van der Waals surface area contributed by atoms with E-state index in [0.717, 1.165) is 0 Å². The van der Waals surface area contributed by atoms with Gasteiger partial charge in [0, 0.05) is 17.5 Å². The van der Waals surface area contributed by atoms with E-state index in [1.54, 1.807) is 24.3 Å². The van der Waals surface area contributed by atoms with Gasteiger partial charge in [-0.15, -0.1) is 0 Å². The second kappa shape index (κ2) is 5.43. The highest BCUT2D eigenvalue weighted by Crippen LogP contribution is 2.16. The van der Waals surface area contributed by atoms with Crippen molar-refractivity contribution in [1.82, 2.24) is 0 Å². The molecule has 6 nitrogen and oxygen atoms in total. The summed E-state index contributed by atoms with van der Waals surface area (Å²) in [7, 11) is 0. The lowest BCUT2D eigenvalue weighted by atomic mass is 9.99. The van der Waals surface area contributed by atoms with Gasteiger partial charge in [-0.05, 0) is 37.1 Å². The first-order valence-electron chi connectivity index (χ1n) is 5.89. The summed E-state index contributed by atoms with van der Waals surface area (Å²) >= 11 is 0. The van der Waals surface area contributed by atoms with Gasteiger partial charge in [0.2, 0.25) is 5.91 Å². The van der Waals surface area contributed by atoms with Crippen molar-refractivity contribution in [3.05, 3.63) is 29.8 Å². The SMILES string of the molecule is N=C(N)c1ccc(NC(=O)[C@@H]2CCC=NC2=O)cc1. The molecule has 0 saturated carbocycles. The highest BCUT2D eigenvalue weighted by Gasteiger charge is 2.27. The van der Waals surface area contributed by atoms with Crippen molar-refractivity contribution < 1.29 is 9.59 Å². The number of nitrogens with two attached hydrogens (primary N) is 1. The lowest BCUT2D eigenvalue weighted by Gasteiger charge is -2.15. The van der Waals surface area contributed by atoms with Crippen molar-refractivity contribution in [3.63, 3.8) is 0 Å². The predicted octanol–water partition coefficient (Wildman–Crippen LogP) is 0.917. The van der Waals surface area contributed by atoms with Crippen LogP contribution >= 0.6 is 0 Å². The quantitative estimate of drug-likeness (QED) is 0.426. The van der Waals surface area contributed by atoms with Gasteiger partial charge < -0.3 is 11.1 Å². The van der Waals surface area contributed by atoms with Crippen LogP contribution in [0, 0.1) is 11.3 Å². The highest BCUT2D eigenvalue weighted by molar-refractivity contribution is 6.09. The number of hydrogen-bond acceptors (Lipinski definition) is 3. The Morgan fingerprint density at radius 3 is 2.63 bits per heavy atom. The number of nitrogens with one attached hydrogen (secondary N) is 2. The third-order valence-corrected chi connectivity index (χ3v) is 2.88. The summed E-state index contributed by atoms with van der Waals surface area (Å²) in [6, 6.07) is 6.56. The summed E-state index contributed by atoms with van der Waals surface area (Å²) in [5.74, 6) is -1.49. The zero-order valence-corrected chi connectivity index (χ0v) is 10.2. The van der Waals surface area contributed by atoms with E-state index in [0.29, 0.717) is 24.1 Å². The summed E-state index contributed by atoms with van der Waals surface area (Å²) in [6.45, 7) is 0. The summed E-state index contributed by atoms with van der Waals surface area (Å²) in [5, 5.41) is 9.93. The van der Waals surface area contributed by atoms with E-state index in [1.807, 2.05) is 0 Å². The van der Waals surface area contributed by atoms with Crippen LogP contribution in [0.3, 0.4) is 0 Å². The number of aliphatic imine (C=N–C) groups is 1. The fraction of sp³-hybridized carbons (Fsp3) is 0.231. The summed E-state index contributed by atoms with van der Waals surface area (Å²) < 4.78 is 0. The van der Waals surface area contributed by atoms with E-state index >= 15 is 0 Å². The van der Waals surface area contributed by atoms with Gasteiger partial charge in [0.15, 0.2) is 0 Å². The van der Waals surface area contributed by atoms with Crippen molar-refractivity contribution in [2.45, 2.75) is 12.8 Å². The minimum absolute atomic E-state index is 0.0327. The van der Waals surface area contributed by atoms with E-state index in [2.05, 4.69) is 10.3 Å². The van der Waals surface area contributed by atoms with Crippen molar-refractivity contribution >= 4 is 29.6 Å². The van der Waals surface area contributed by atoms with Gasteiger partial charge in [-0.2, -0.15) is 0 Å². The monoisotopic (exact) mass is 258 g/mol. The summed E-state index contributed by atoms with van der Waals surface area (Å²) in [4.78, 5) is 27.0. The number of amides is 2. The maximum absolute atomic E-state index is 11.9. The third-order valence-electron chi connectivity index (χ3n) is 2.88. The van der Waals surface area contributed by atoms with E-state index in [4.69, 9.17) is 11.1 Å². The topological polar surface area (TPSA) is 108 Å². The van der Waals surface area contributed by atoms with Gasteiger partial charge in [-0.1, -0.05) is 0 Å². The molecule has 0 fully saturated rings. The Morgan fingerprint density at radius 1 is 1.37 bits per heavy atom. The molecule has 2 rings (SSSR count). The van der Waals surface area contributed by atoms with Gasteiger partial charge in [0.1, 0.15) is 11.8 Å². The second-order valence-corrected chi connectivity index (χ2v) is 4.26. The molecule has 0 unspecified atom stereocenters. The number of benzene rings is 1. The van der Waals surface area contributed by atoms with E-state index in [9.17, 15) is 9.59 Å². The Balaban J connectivity index is 2.04. The molecule has 0 spiro atoms. The molecule has 1 aromatic rings. The zero-order valence-electron chi connectivity index (χ0n) is 10.2. The smallest absolute Gasteiger partial charge is 0.257 e. The zero-order chi connectivity index (χ0) is 13.8. The van der Waals surface area contributed by atoms with Crippen LogP contribution in [0.1, 0.15) is 18.4 Å². The molecule has 2 amide bonds. The molecule has 6 heteroatoms. The van der Waals surface area contributed by atoms with Gasteiger partial charge in [0.05, 0.1) is 0 Å². The Labute approximate surface area is 110 Å².